The summed E-state index contributed by atoms with van der Waals surface area (Å²) in [5, 5.41) is 14.6. The number of urea groups is 1. The van der Waals surface area contributed by atoms with E-state index in [0.717, 1.165) is 0 Å². The largest absolute Gasteiger partial charge is 0.481 e. The third-order valence-corrected chi connectivity index (χ3v) is 3.20. The lowest BCUT2D eigenvalue weighted by molar-refractivity contribution is -0.154. The quantitative estimate of drug-likeness (QED) is 0.503. The Morgan fingerprint density at radius 3 is 2.58 bits per heavy atom. The van der Waals surface area contributed by atoms with Crippen LogP contribution in [0.3, 0.4) is 0 Å². The van der Waals surface area contributed by atoms with Crippen LogP contribution in [0.25, 0.3) is 0 Å². The first-order chi connectivity index (χ1) is 9.10. The Morgan fingerprint density at radius 1 is 1.32 bits per heavy atom. The lowest BCUT2D eigenvalue weighted by atomic mass is 9.80. The summed E-state index contributed by atoms with van der Waals surface area (Å²) in [5.41, 5.74) is -0.904. The summed E-state index contributed by atoms with van der Waals surface area (Å²) in [6.07, 6.45) is 1.43. The number of aliphatic carboxylic acids is 1. The van der Waals surface area contributed by atoms with Crippen molar-refractivity contribution in [3.63, 3.8) is 0 Å². The predicted molar refractivity (Wildman–Crippen MR) is 69.6 cm³/mol. The van der Waals surface area contributed by atoms with Gasteiger partial charge in [0.2, 0.25) is 0 Å². The second-order valence-corrected chi connectivity index (χ2v) is 4.48. The molecular weight excluding hydrogens is 248 g/mol. The van der Waals surface area contributed by atoms with E-state index in [1.54, 1.807) is 6.92 Å². The Morgan fingerprint density at radius 2 is 2.00 bits per heavy atom. The molecular formula is C13H20N2O4. The SMILES string of the molecule is CC#CCCNC(=O)NCC1(C(=O)O)CCOCC1. The molecule has 3 N–H and O–H groups in total. The zero-order valence-electron chi connectivity index (χ0n) is 11.1. The summed E-state index contributed by atoms with van der Waals surface area (Å²) in [7, 11) is 0. The molecule has 0 saturated carbocycles. The molecule has 19 heavy (non-hydrogen) atoms. The van der Waals surface area contributed by atoms with Crippen LogP contribution in [0.2, 0.25) is 0 Å². The minimum absolute atomic E-state index is 0.122. The molecule has 2 amide bonds. The standard InChI is InChI=1S/C13H20N2O4/c1-2-3-4-7-14-12(18)15-10-13(11(16)17)5-8-19-9-6-13/h4-10H2,1H3,(H,16,17)(H2,14,15,18). The highest BCUT2D eigenvalue weighted by Gasteiger charge is 2.40. The summed E-state index contributed by atoms with van der Waals surface area (Å²) in [6.45, 7) is 3.15. The Labute approximate surface area is 112 Å². The molecule has 0 radical (unpaired) electrons. The first-order valence-electron chi connectivity index (χ1n) is 6.33. The molecule has 1 saturated heterocycles. The van der Waals surface area contributed by atoms with Crippen molar-refractivity contribution in [2.45, 2.75) is 26.2 Å². The van der Waals surface area contributed by atoms with Crippen molar-refractivity contribution in [2.75, 3.05) is 26.3 Å². The van der Waals surface area contributed by atoms with Crippen LogP contribution in [0.1, 0.15) is 26.2 Å². The first-order valence-corrected chi connectivity index (χ1v) is 6.33. The molecule has 0 aliphatic carbocycles. The smallest absolute Gasteiger partial charge is 0.314 e. The number of ether oxygens (including phenoxy) is 1. The number of hydrogen-bond donors (Lipinski definition) is 3. The molecule has 0 unspecified atom stereocenters. The predicted octanol–water partition coefficient (Wildman–Crippen LogP) is 0.580. The molecule has 0 spiro atoms. The highest BCUT2D eigenvalue weighted by atomic mass is 16.5. The Bertz CT molecular complexity index is 378. The van der Waals surface area contributed by atoms with Gasteiger partial charge in [0.1, 0.15) is 0 Å². The number of rotatable bonds is 5. The fourth-order valence-electron chi connectivity index (χ4n) is 1.90. The minimum atomic E-state index is -0.904. The molecule has 1 rings (SSSR count). The van der Waals surface area contributed by atoms with Gasteiger partial charge in [-0.25, -0.2) is 4.79 Å². The van der Waals surface area contributed by atoms with Gasteiger partial charge in [-0.1, -0.05) is 0 Å². The van der Waals surface area contributed by atoms with Gasteiger partial charge in [-0.2, -0.15) is 0 Å². The number of hydrogen-bond acceptors (Lipinski definition) is 3. The monoisotopic (exact) mass is 268 g/mol. The molecule has 106 valence electrons. The van der Waals surface area contributed by atoms with Crippen LogP contribution in [0.15, 0.2) is 0 Å². The second kappa shape index (κ2) is 7.64. The molecule has 1 fully saturated rings. The Hall–Kier alpha value is -1.74. The third-order valence-electron chi connectivity index (χ3n) is 3.20. The molecule has 6 heteroatoms. The van der Waals surface area contributed by atoms with Gasteiger partial charge in [0, 0.05) is 32.7 Å². The van der Waals surface area contributed by atoms with Crippen LogP contribution in [0.4, 0.5) is 4.79 Å². The lowest BCUT2D eigenvalue weighted by Gasteiger charge is -2.33. The molecule has 1 heterocycles. The van der Waals surface area contributed by atoms with E-state index >= 15 is 0 Å². The number of carboxylic acid groups (broad SMARTS) is 1. The molecule has 1 aliphatic heterocycles. The highest BCUT2D eigenvalue weighted by Crippen LogP contribution is 2.29. The van der Waals surface area contributed by atoms with E-state index in [9.17, 15) is 14.7 Å². The maximum Gasteiger partial charge on any atom is 0.314 e. The van der Waals surface area contributed by atoms with E-state index in [0.29, 0.717) is 39.0 Å². The summed E-state index contributed by atoms with van der Waals surface area (Å²) >= 11 is 0. The second-order valence-electron chi connectivity index (χ2n) is 4.48. The fourth-order valence-corrected chi connectivity index (χ4v) is 1.90. The van der Waals surface area contributed by atoms with Crippen molar-refractivity contribution in [1.29, 1.82) is 0 Å². The zero-order valence-corrected chi connectivity index (χ0v) is 11.1. The van der Waals surface area contributed by atoms with Crippen molar-refractivity contribution in [2.24, 2.45) is 5.41 Å². The van der Waals surface area contributed by atoms with Gasteiger partial charge in [-0.05, 0) is 19.8 Å². The number of carboxylic acids is 1. The summed E-state index contributed by atoms with van der Waals surface area (Å²) < 4.78 is 5.17. The number of carbonyl (C=O) groups excluding carboxylic acids is 1. The molecule has 0 aromatic rings. The summed E-state index contributed by atoms with van der Waals surface area (Å²) in [6, 6.07) is -0.356. The molecule has 0 bridgehead atoms. The minimum Gasteiger partial charge on any atom is -0.481 e. The van der Waals surface area contributed by atoms with E-state index < -0.39 is 11.4 Å². The van der Waals surface area contributed by atoms with Crippen LogP contribution in [-0.4, -0.2) is 43.4 Å². The third kappa shape index (κ3) is 4.79. The fraction of sp³-hybridized carbons (Fsp3) is 0.692. The molecule has 0 atom stereocenters. The van der Waals surface area contributed by atoms with Crippen LogP contribution in [-0.2, 0) is 9.53 Å². The van der Waals surface area contributed by atoms with Crippen molar-refractivity contribution in [1.82, 2.24) is 10.6 Å². The van der Waals surface area contributed by atoms with E-state index in [-0.39, 0.29) is 12.6 Å². The maximum atomic E-state index is 11.5. The van der Waals surface area contributed by atoms with E-state index in [1.165, 1.54) is 0 Å². The van der Waals surface area contributed by atoms with Gasteiger partial charge >= 0.3 is 12.0 Å². The van der Waals surface area contributed by atoms with E-state index in [1.807, 2.05) is 0 Å². The highest BCUT2D eigenvalue weighted by molar-refractivity contribution is 5.78. The molecule has 0 aromatic heterocycles. The van der Waals surface area contributed by atoms with Gasteiger partial charge in [0.05, 0.1) is 5.41 Å². The van der Waals surface area contributed by atoms with E-state index in [2.05, 4.69) is 22.5 Å². The molecule has 6 nitrogen and oxygen atoms in total. The number of carbonyl (C=O) groups is 2. The van der Waals surface area contributed by atoms with Gasteiger partial charge < -0.3 is 20.5 Å². The van der Waals surface area contributed by atoms with Crippen molar-refractivity contribution >= 4 is 12.0 Å². The van der Waals surface area contributed by atoms with Crippen LogP contribution in [0.5, 0.6) is 0 Å². The normalized spacial score (nSPS) is 16.9. The Kier molecular flexibility index (Phi) is 6.16. The lowest BCUT2D eigenvalue weighted by Crippen LogP contribution is -2.48. The number of amides is 2. The van der Waals surface area contributed by atoms with E-state index in [4.69, 9.17) is 4.74 Å². The van der Waals surface area contributed by atoms with Crippen molar-refractivity contribution in [3.8, 4) is 11.8 Å². The van der Waals surface area contributed by atoms with Crippen LogP contribution in [0, 0.1) is 17.3 Å². The molecule has 0 aromatic carbocycles. The topological polar surface area (TPSA) is 87.7 Å². The van der Waals surface area contributed by atoms with Crippen LogP contribution < -0.4 is 10.6 Å². The van der Waals surface area contributed by atoms with Gasteiger partial charge in [-0.15, -0.1) is 11.8 Å². The van der Waals surface area contributed by atoms with Crippen molar-refractivity contribution in [3.05, 3.63) is 0 Å². The summed E-state index contributed by atoms with van der Waals surface area (Å²) in [5.74, 6) is 4.68. The Balaban J connectivity index is 2.36. The maximum absolute atomic E-state index is 11.5. The first kappa shape index (κ1) is 15.3. The van der Waals surface area contributed by atoms with Crippen LogP contribution >= 0.6 is 0 Å². The van der Waals surface area contributed by atoms with Crippen molar-refractivity contribution < 1.29 is 19.4 Å². The van der Waals surface area contributed by atoms with Gasteiger partial charge in [0.25, 0.3) is 0 Å². The average Bonchev–Trinajstić information content (AvgIpc) is 2.42. The zero-order chi connectivity index (χ0) is 14.1. The van der Waals surface area contributed by atoms with Gasteiger partial charge in [0.15, 0.2) is 0 Å². The van der Waals surface area contributed by atoms with Gasteiger partial charge in [-0.3, -0.25) is 4.79 Å². The summed E-state index contributed by atoms with van der Waals surface area (Å²) in [4.78, 5) is 22.9. The number of nitrogens with one attached hydrogen (secondary N) is 2. The average molecular weight is 268 g/mol. The molecule has 1 aliphatic rings.